The highest BCUT2D eigenvalue weighted by atomic mass is 17.2. The van der Waals surface area contributed by atoms with E-state index in [0.29, 0.717) is 13.2 Å². The highest BCUT2D eigenvalue weighted by Crippen LogP contribution is 2.11. The summed E-state index contributed by atoms with van der Waals surface area (Å²) in [5.74, 6) is 0. The van der Waals surface area contributed by atoms with Crippen LogP contribution in [0.4, 0.5) is 0 Å². The van der Waals surface area contributed by atoms with Gasteiger partial charge in [0.25, 0.3) is 0 Å². The number of rotatable bonds is 10. The van der Waals surface area contributed by atoms with Crippen LogP contribution in [0.3, 0.4) is 0 Å². The van der Waals surface area contributed by atoms with Crippen LogP contribution in [0.25, 0.3) is 10.8 Å². The van der Waals surface area contributed by atoms with Crippen LogP contribution in [0.1, 0.15) is 41.5 Å². The molecule has 52 heavy (non-hydrogen) atoms. The molecule has 4 aromatic carbocycles. The smallest absolute Gasteiger partial charge is 0.110 e. The van der Waals surface area contributed by atoms with Crippen molar-refractivity contribution in [2.24, 2.45) is 0 Å². The van der Waals surface area contributed by atoms with Crippen LogP contribution < -0.4 is 0 Å². The first-order valence-electron chi connectivity index (χ1n) is 16.5. The van der Waals surface area contributed by atoms with E-state index in [4.69, 9.17) is 10.5 Å². The lowest BCUT2D eigenvalue weighted by Gasteiger charge is -2.03. The molecule has 8 heteroatoms. The Morgan fingerprint density at radius 2 is 0.788 bits per heavy atom. The van der Waals surface area contributed by atoms with Crippen molar-refractivity contribution in [2.45, 2.75) is 53.8 Å². The van der Waals surface area contributed by atoms with E-state index in [-0.39, 0.29) is 12.2 Å². The second-order valence-electron chi connectivity index (χ2n) is 9.56. The number of benzene rings is 4. The number of hydrogen-bond donors (Lipinski definition) is 2. The fourth-order valence-corrected chi connectivity index (χ4v) is 2.40. The summed E-state index contributed by atoms with van der Waals surface area (Å²) < 4.78 is 0. The second kappa shape index (κ2) is 46.3. The van der Waals surface area contributed by atoms with Crippen LogP contribution >= 0.6 is 0 Å². The molecule has 0 amide bonds. The Bertz CT molecular complexity index is 1210. The third-order valence-electron chi connectivity index (χ3n) is 5.52. The molecule has 0 fully saturated rings. The van der Waals surface area contributed by atoms with Gasteiger partial charge in [-0.05, 0) is 61.8 Å². The van der Waals surface area contributed by atoms with Gasteiger partial charge in [0.1, 0.15) is 25.4 Å². The maximum atomic E-state index is 7.94. The third kappa shape index (κ3) is 43.4. The molecule has 0 aromatic heterocycles. The Hall–Kier alpha value is -4.66. The van der Waals surface area contributed by atoms with Gasteiger partial charge in [-0.15, -0.1) is 11.5 Å². The van der Waals surface area contributed by atoms with Crippen LogP contribution in [0.15, 0.2) is 182 Å². The van der Waals surface area contributed by atoms with Gasteiger partial charge in [0.2, 0.25) is 0 Å². The molecule has 0 aliphatic rings. The first-order chi connectivity index (χ1) is 25.2. The minimum Gasteiger partial charge on any atom is -0.251 e. The minimum atomic E-state index is -0.236. The summed E-state index contributed by atoms with van der Waals surface area (Å²) in [4.78, 5) is 25.1. The lowest BCUT2D eigenvalue weighted by atomic mass is 10.1. The fourth-order valence-electron chi connectivity index (χ4n) is 2.40. The number of fused-ring (bicyclic) bond motifs is 1. The van der Waals surface area contributed by atoms with Gasteiger partial charge >= 0.3 is 0 Å². The maximum Gasteiger partial charge on any atom is 0.110 e. The summed E-state index contributed by atoms with van der Waals surface area (Å²) in [7, 11) is 2.91. The van der Waals surface area contributed by atoms with Crippen molar-refractivity contribution in [3.05, 3.63) is 182 Å². The van der Waals surface area contributed by atoms with Gasteiger partial charge in [0.05, 0.1) is 14.2 Å². The minimum absolute atomic E-state index is 0.236. The highest BCUT2D eigenvalue weighted by Gasteiger charge is 1.98. The largest absolute Gasteiger partial charge is 0.251 e. The normalized spacial score (nSPS) is 9.58. The molecule has 0 heterocycles. The molecule has 4 rings (SSSR count). The molecule has 4 aromatic rings. The van der Waals surface area contributed by atoms with Crippen molar-refractivity contribution < 1.29 is 39.8 Å². The van der Waals surface area contributed by atoms with E-state index in [1.165, 1.54) is 25.0 Å². The first-order valence-corrected chi connectivity index (χ1v) is 16.5. The van der Waals surface area contributed by atoms with Crippen LogP contribution in [0, 0.1) is 0 Å². The van der Waals surface area contributed by atoms with Crippen molar-refractivity contribution in [3.63, 3.8) is 0 Å². The molecule has 2 atom stereocenters. The second-order valence-corrected chi connectivity index (χ2v) is 9.56. The average molecular weight is 719 g/mol. The SMILES string of the molecule is C=C(C)C(C)OO.C=C(C)C(C)OO.C=C=CCOOC.C=C=CCOOC.CC.c1ccc2ccccc2c1.c1ccccc1.c1ccccc1. The summed E-state index contributed by atoms with van der Waals surface area (Å²) in [6.07, 6.45) is 2.78. The monoisotopic (exact) mass is 718 g/mol. The molecule has 286 valence electrons. The highest BCUT2D eigenvalue weighted by molar-refractivity contribution is 5.82. The zero-order valence-electron chi connectivity index (χ0n) is 32.4. The predicted octanol–water partition coefficient (Wildman–Crippen LogP) is 11.9. The van der Waals surface area contributed by atoms with Gasteiger partial charge in [-0.2, -0.15) is 0 Å². The molecule has 2 unspecified atom stereocenters. The summed E-state index contributed by atoms with van der Waals surface area (Å²) >= 11 is 0. The van der Waals surface area contributed by atoms with E-state index in [0.717, 1.165) is 11.1 Å². The summed E-state index contributed by atoms with van der Waals surface area (Å²) in [6, 6.07) is 40.7. The van der Waals surface area contributed by atoms with E-state index in [1.807, 2.05) is 86.6 Å². The van der Waals surface area contributed by atoms with E-state index in [2.05, 4.69) is 116 Å². The molecule has 0 bridgehead atoms. The predicted molar refractivity (Wildman–Crippen MR) is 218 cm³/mol. The lowest BCUT2D eigenvalue weighted by Crippen LogP contribution is -2.04. The number of hydrogen-bond acceptors (Lipinski definition) is 8. The van der Waals surface area contributed by atoms with Gasteiger partial charge < -0.3 is 0 Å². The van der Waals surface area contributed by atoms with E-state index in [9.17, 15) is 0 Å². The third-order valence-corrected chi connectivity index (χ3v) is 5.52. The zero-order valence-corrected chi connectivity index (χ0v) is 32.4. The fraction of sp³-hybridized carbons (Fsp3) is 0.273. The Kier molecular flexibility index (Phi) is 48.2. The molecule has 0 saturated heterocycles. The first kappa shape index (κ1) is 54.1. The maximum absolute atomic E-state index is 7.94. The van der Waals surface area contributed by atoms with Crippen molar-refractivity contribution in [3.8, 4) is 0 Å². The van der Waals surface area contributed by atoms with Crippen LogP contribution in [-0.4, -0.2) is 50.2 Å². The van der Waals surface area contributed by atoms with Crippen molar-refractivity contribution in [1.29, 1.82) is 0 Å². The van der Waals surface area contributed by atoms with E-state index >= 15 is 0 Å². The van der Waals surface area contributed by atoms with E-state index < -0.39 is 0 Å². The molecule has 0 aliphatic carbocycles. The Labute approximate surface area is 313 Å². The molecular formula is C44H62O8. The molecule has 2 N–H and O–H groups in total. The van der Waals surface area contributed by atoms with Gasteiger partial charge in [-0.25, -0.2) is 29.3 Å². The van der Waals surface area contributed by atoms with Crippen molar-refractivity contribution in [2.75, 3.05) is 27.4 Å². The van der Waals surface area contributed by atoms with Crippen LogP contribution in [0.5, 0.6) is 0 Å². The summed E-state index contributed by atoms with van der Waals surface area (Å²) in [5.41, 5.74) is 6.69. The van der Waals surface area contributed by atoms with Gasteiger partial charge in [0.15, 0.2) is 0 Å². The average Bonchev–Trinajstić information content (AvgIpc) is 3.21. The van der Waals surface area contributed by atoms with Crippen molar-refractivity contribution >= 4 is 10.8 Å². The molecule has 0 saturated carbocycles. The lowest BCUT2D eigenvalue weighted by molar-refractivity contribution is -0.263. The molecule has 8 nitrogen and oxygen atoms in total. The summed E-state index contributed by atoms with van der Waals surface area (Å²) in [5, 5.41) is 18.5. The molecule has 0 spiro atoms. The zero-order chi connectivity index (χ0) is 40.1. The quantitative estimate of drug-likeness (QED) is 0.0550. The summed E-state index contributed by atoms with van der Waals surface area (Å²) in [6.45, 7) is 25.6. The van der Waals surface area contributed by atoms with Gasteiger partial charge in [-0.3, -0.25) is 10.5 Å². The van der Waals surface area contributed by atoms with E-state index in [1.54, 1.807) is 39.8 Å². The molecular weight excluding hydrogens is 656 g/mol. The van der Waals surface area contributed by atoms with Crippen molar-refractivity contribution in [1.82, 2.24) is 0 Å². The van der Waals surface area contributed by atoms with Crippen LogP contribution in [-0.2, 0) is 29.3 Å². The molecule has 0 aliphatic heterocycles. The van der Waals surface area contributed by atoms with Gasteiger partial charge in [-0.1, -0.05) is 161 Å². The Morgan fingerprint density at radius 3 is 0.923 bits per heavy atom. The Morgan fingerprint density at radius 1 is 0.558 bits per heavy atom. The van der Waals surface area contributed by atoms with Gasteiger partial charge in [0, 0.05) is 0 Å². The molecule has 0 radical (unpaired) electrons. The standard InChI is InChI=1S/C10H8.2C6H6.2C5H10O2.2C5H8O2.C2H6/c1-2-6-10-8-4-3-7-9(10)5-1;2*1-2-4-6-5-3-1;2*1-4(2)5(3)7-6;2*1-3-4-5-7-6-2;1-2/h1-8H;2*1-6H;2*5-6H,1H2,2-3H3;2*4H,1,5H2,2H3;1-2H3. The topological polar surface area (TPSA) is 95.8 Å². The van der Waals surface area contributed by atoms with Crippen LogP contribution in [0.2, 0.25) is 0 Å². The Balaban J connectivity index is -0.000000258.